The summed E-state index contributed by atoms with van der Waals surface area (Å²) in [5.74, 6) is -0.512. The van der Waals surface area contributed by atoms with E-state index in [0.29, 0.717) is 5.75 Å². The van der Waals surface area contributed by atoms with Gasteiger partial charge in [0.2, 0.25) is 5.43 Å². The maximum Gasteiger partial charge on any atom is 0.408 e. The van der Waals surface area contributed by atoms with Crippen molar-refractivity contribution in [1.29, 1.82) is 0 Å². The maximum absolute atomic E-state index is 14.2. The van der Waals surface area contributed by atoms with Gasteiger partial charge >= 0.3 is 6.18 Å². The second kappa shape index (κ2) is 10.9. The number of hydrogen-bond donors (Lipinski definition) is 0. The van der Waals surface area contributed by atoms with Crippen LogP contribution in [0.2, 0.25) is 0 Å². The number of ether oxygens (including phenoxy) is 1. The Kier molecular flexibility index (Phi) is 7.26. The van der Waals surface area contributed by atoms with Gasteiger partial charge in [0, 0.05) is 22.9 Å². The first-order valence-electron chi connectivity index (χ1n) is 13.5. The minimum absolute atomic E-state index is 0.0277. The summed E-state index contributed by atoms with van der Waals surface area (Å²) >= 11 is 1.67. The number of benzene rings is 3. The molecule has 4 aromatic rings. The van der Waals surface area contributed by atoms with Gasteiger partial charge in [-0.1, -0.05) is 66.7 Å². The molecule has 2 aliphatic heterocycles. The van der Waals surface area contributed by atoms with E-state index >= 15 is 0 Å². The van der Waals surface area contributed by atoms with Crippen LogP contribution in [0, 0.1) is 6.92 Å². The van der Waals surface area contributed by atoms with Gasteiger partial charge < -0.3 is 9.64 Å². The summed E-state index contributed by atoms with van der Waals surface area (Å²) < 4.78 is 50.0. The van der Waals surface area contributed by atoms with Gasteiger partial charge in [-0.15, -0.1) is 11.8 Å². The Morgan fingerprint density at radius 2 is 1.67 bits per heavy atom. The van der Waals surface area contributed by atoms with Gasteiger partial charge in [-0.3, -0.25) is 19.3 Å². The van der Waals surface area contributed by atoms with E-state index in [1.165, 1.54) is 16.9 Å². The van der Waals surface area contributed by atoms with E-state index in [2.05, 4.69) is 0 Å². The van der Waals surface area contributed by atoms with Crippen LogP contribution in [-0.4, -0.2) is 34.4 Å². The molecule has 0 aliphatic carbocycles. The highest BCUT2D eigenvalue weighted by atomic mass is 32.2. The molecule has 216 valence electrons. The summed E-state index contributed by atoms with van der Waals surface area (Å²) in [5.41, 5.74) is 3.91. The van der Waals surface area contributed by atoms with Crippen molar-refractivity contribution >= 4 is 17.7 Å². The van der Waals surface area contributed by atoms with Crippen molar-refractivity contribution in [3.63, 3.8) is 0 Å². The lowest BCUT2D eigenvalue weighted by Crippen LogP contribution is -2.60. The number of carbonyl (C=O) groups excluding carboxylic acids is 1. The largest absolute Gasteiger partial charge is 0.482 e. The quantitative estimate of drug-likeness (QED) is 0.268. The molecule has 0 N–H and O–H groups in total. The Bertz CT molecular complexity index is 1710. The molecule has 3 heterocycles. The monoisotopic (exact) mass is 591 g/mol. The van der Waals surface area contributed by atoms with E-state index in [9.17, 15) is 22.8 Å². The summed E-state index contributed by atoms with van der Waals surface area (Å²) in [6, 6.07) is 21.4. The minimum atomic E-state index is -4.69. The highest BCUT2D eigenvalue weighted by Crippen LogP contribution is 2.44. The maximum atomic E-state index is 14.2. The first kappa shape index (κ1) is 28.0. The molecule has 0 fully saturated rings. The molecule has 1 amide bonds. The third kappa shape index (κ3) is 4.93. The molecule has 10 heteroatoms. The predicted octanol–water partition coefficient (Wildman–Crippen LogP) is 6.43. The predicted molar refractivity (Wildman–Crippen MR) is 155 cm³/mol. The molecule has 0 radical (unpaired) electrons. The van der Waals surface area contributed by atoms with Crippen molar-refractivity contribution in [2.75, 3.05) is 11.7 Å². The number of alkyl halides is 3. The third-order valence-electron chi connectivity index (χ3n) is 7.86. The average molecular weight is 592 g/mol. The van der Waals surface area contributed by atoms with Crippen molar-refractivity contribution < 1.29 is 22.7 Å². The van der Waals surface area contributed by atoms with Crippen molar-refractivity contribution in [1.82, 2.24) is 9.58 Å². The molecule has 0 saturated heterocycles. The molecule has 42 heavy (non-hydrogen) atoms. The van der Waals surface area contributed by atoms with E-state index in [-0.39, 0.29) is 24.7 Å². The van der Waals surface area contributed by atoms with E-state index < -0.39 is 29.6 Å². The fourth-order valence-electron chi connectivity index (χ4n) is 5.55. The van der Waals surface area contributed by atoms with Crippen molar-refractivity contribution in [3.05, 3.63) is 129 Å². The lowest BCUT2D eigenvalue weighted by molar-refractivity contribution is -0.173. The highest BCUT2D eigenvalue weighted by molar-refractivity contribution is 7.98. The molecule has 0 saturated carbocycles. The summed E-state index contributed by atoms with van der Waals surface area (Å²) in [7, 11) is 0. The van der Waals surface area contributed by atoms with Crippen LogP contribution in [0.1, 0.15) is 51.3 Å². The topological polar surface area (TPSA) is 54.8 Å². The first-order chi connectivity index (χ1) is 20.1. The number of nitrogens with zero attached hydrogens (tertiary/aromatic N) is 3. The molecular formula is C32H28F3N3O3S. The molecule has 2 atom stereocenters. The van der Waals surface area contributed by atoms with Gasteiger partial charge in [0.25, 0.3) is 5.91 Å². The number of halogens is 3. The minimum Gasteiger partial charge on any atom is -0.482 e. The molecular weight excluding hydrogens is 563 g/mol. The van der Waals surface area contributed by atoms with E-state index in [1.807, 2.05) is 67.6 Å². The summed E-state index contributed by atoms with van der Waals surface area (Å²) in [6.07, 6.45) is -3.23. The first-order valence-corrected chi connectivity index (χ1v) is 14.5. The lowest BCUT2D eigenvalue weighted by Gasteiger charge is -2.46. The van der Waals surface area contributed by atoms with Crippen LogP contribution in [0.4, 0.5) is 13.2 Å². The molecule has 2 aliphatic rings. The number of rotatable bonds is 5. The van der Waals surface area contributed by atoms with Crippen molar-refractivity contribution in [2.45, 2.75) is 49.4 Å². The smallest absolute Gasteiger partial charge is 0.408 e. The molecule has 0 unspecified atom stereocenters. The van der Waals surface area contributed by atoms with Crippen LogP contribution in [0.15, 0.2) is 94.7 Å². The summed E-state index contributed by atoms with van der Waals surface area (Å²) in [6.45, 7) is 2.60. The number of carbonyl (C=O) groups is 1. The average Bonchev–Trinajstić information content (AvgIpc) is 3.14. The van der Waals surface area contributed by atoms with Gasteiger partial charge in [0.15, 0.2) is 11.4 Å². The van der Waals surface area contributed by atoms with Gasteiger partial charge in [-0.05, 0) is 47.7 Å². The Labute approximate surface area is 245 Å². The van der Waals surface area contributed by atoms with Crippen LogP contribution in [-0.2, 0) is 12.4 Å². The zero-order valence-electron chi connectivity index (χ0n) is 23.0. The van der Waals surface area contributed by atoms with Crippen molar-refractivity contribution in [3.8, 4) is 5.75 Å². The Balaban J connectivity index is 1.57. The van der Waals surface area contributed by atoms with Gasteiger partial charge in [0.05, 0.1) is 6.04 Å². The number of amides is 1. The summed E-state index contributed by atoms with van der Waals surface area (Å²) in [4.78, 5) is 28.8. The fourth-order valence-corrected chi connectivity index (χ4v) is 6.76. The van der Waals surface area contributed by atoms with Crippen LogP contribution < -0.4 is 15.2 Å². The Hall–Kier alpha value is -4.18. The van der Waals surface area contributed by atoms with E-state index in [0.717, 1.165) is 44.5 Å². The zero-order valence-corrected chi connectivity index (χ0v) is 23.8. The van der Waals surface area contributed by atoms with Gasteiger partial charge in [-0.25, -0.2) is 0 Å². The number of pyridine rings is 1. The van der Waals surface area contributed by atoms with Crippen LogP contribution >= 0.6 is 11.8 Å². The number of aryl methyl sites for hydroxylation is 1. The zero-order chi connectivity index (χ0) is 29.6. The summed E-state index contributed by atoms with van der Waals surface area (Å²) in [5, 5.41) is 1.73. The number of aromatic nitrogens is 1. The molecule has 6 rings (SSSR count). The second-order valence-corrected chi connectivity index (χ2v) is 11.4. The molecule has 6 nitrogen and oxygen atoms in total. The van der Waals surface area contributed by atoms with Crippen LogP contribution in [0.25, 0.3) is 0 Å². The highest BCUT2D eigenvalue weighted by Gasteiger charge is 2.47. The molecule has 0 spiro atoms. The molecule has 3 aromatic carbocycles. The van der Waals surface area contributed by atoms with Gasteiger partial charge in [-0.2, -0.15) is 13.2 Å². The standard InChI is InChI=1S/C32H28F3N3O3S/c1-20-9-8-13-23-25(20)18-42-27-14-7-6-12-24(27)28(23)38-19-36(21(2)32(33,34)35)31(40)29-30(26(39)15-16-37(29)38)41-17-22-10-4-3-5-11-22/h3-16,21,28H,17-19H2,1-2H3/t21-,28+/m1/s1. The number of fused-ring (bicyclic) bond motifs is 3. The molecule has 1 aromatic heterocycles. The van der Waals surface area contributed by atoms with Gasteiger partial charge in [0.1, 0.15) is 19.3 Å². The number of hydrogen-bond acceptors (Lipinski definition) is 5. The van der Waals surface area contributed by atoms with Crippen molar-refractivity contribution in [2.24, 2.45) is 0 Å². The second-order valence-electron chi connectivity index (χ2n) is 10.4. The molecule has 0 bridgehead atoms. The third-order valence-corrected chi connectivity index (χ3v) is 8.98. The SMILES string of the molecule is Cc1cccc2c1CSc1ccccc1[C@H]2N1CN([C@H](C)C(F)(F)F)C(=O)c2c(OCc3ccccc3)c(=O)ccn21. The Morgan fingerprint density at radius 1 is 0.952 bits per heavy atom. The normalized spacial score (nSPS) is 17.2. The number of thioether (sulfide) groups is 1. The van der Waals surface area contributed by atoms with E-state index in [4.69, 9.17) is 4.74 Å². The van der Waals surface area contributed by atoms with Crippen LogP contribution in [0.5, 0.6) is 5.75 Å². The van der Waals surface area contributed by atoms with Crippen LogP contribution in [0.3, 0.4) is 0 Å². The van der Waals surface area contributed by atoms with E-state index in [1.54, 1.807) is 28.9 Å². The fraction of sp³-hybridized carbons (Fsp3) is 0.250. The lowest BCUT2D eigenvalue weighted by atomic mass is 9.92. The Morgan fingerprint density at radius 3 is 2.43 bits per heavy atom.